The Balaban J connectivity index is 1.83. The molecule has 0 radical (unpaired) electrons. The second-order valence-electron chi connectivity index (χ2n) is 6.30. The maximum atomic E-state index is 5.72. The van der Waals surface area contributed by atoms with Crippen molar-refractivity contribution >= 4 is 34.4 Å². The van der Waals surface area contributed by atoms with E-state index in [1.807, 2.05) is 18.3 Å². The number of hydrogen-bond donors (Lipinski definition) is 1. The first-order valence-corrected chi connectivity index (χ1v) is 9.55. The minimum absolute atomic E-state index is 0.0346. The third kappa shape index (κ3) is 2.94. The van der Waals surface area contributed by atoms with Crippen LogP contribution in [-0.2, 0) is 0 Å². The fourth-order valence-electron chi connectivity index (χ4n) is 3.29. The molecule has 0 unspecified atom stereocenters. The van der Waals surface area contributed by atoms with Crippen molar-refractivity contribution in [3.8, 4) is 0 Å². The average molecular weight is 366 g/mol. The number of benzene rings is 1. The summed E-state index contributed by atoms with van der Waals surface area (Å²) in [6.07, 6.45) is 1.84. The van der Waals surface area contributed by atoms with Gasteiger partial charge in [0.15, 0.2) is 5.11 Å². The standard InChI is InChI=1S/C20H19N3S2/c1-13-6-8-15(9-7-13)23-18(19-14(2)10-12-25-19)17(22-20(23)24)16-5-3-4-11-21-16/h3-12,17-18H,1-2H3,(H,22,24)/t17-,18-/m0/s1. The molecule has 0 spiro atoms. The van der Waals surface area contributed by atoms with E-state index in [0.29, 0.717) is 0 Å². The van der Waals surface area contributed by atoms with Gasteiger partial charge in [0, 0.05) is 16.8 Å². The van der Waals surface area contributed by atoms with Gasteiger partial charge in [-0.15, -0.1) is 11.3 Å². The van der Waals surface area contributed by atoms with Gasteiger partial charge in [0.25, 0.3) is 0 Å². The van der Waals surface area contributed by atoms with Gasteiger partial charge in [-0.05, 0) is 67.3 Å². The molecule has 0 aliphatic carbocycles. The highest BCUT2D eigenvalue weighted by molar-refractivity contribution is 7.80. The number of rotatable bonds is 3. The quantitative estimate of drug-likeness (QED) is 0.666. The Hall–Kier alpha value is -2.24. The van der Waals surface area contributed by atoms with Gasteiger partial charge in [0.2, 0.25) is 0 Å². The summed E-state index contributed by atoms with van der Waals surface area (Å²) in [5.41, 5.74) is 4.66. The molecule has 3 aromatic rings. The highest BCUT2D eigenvalue weighted by Gasteiger charge is 2.41. The molecule has 3 nitrogen and oxygen atoms in total. The summed E-state index contributed by atoms with van der Waals surface area (Å²) in [5, 5.41) is 6.40. The van der Waals surface area contributed by atoms with Crippen molar-refractivity contribution in [2.75, 3.05) is 4.90 Å². The van der Waals surface area contributed by atoms with E-state index in [2.05, 4.69) is 70.8 Å². The van der Waals surface area contributed by atoms with Crippen LogP contribution in [0.5, 0.6) is 0 Å². The lowest BCUT2D eigenvalue weighted by Gasteiger charge is -2.27. The number of aryl methyl sites for hydroxylation is 2. The molecule has 25 heavy (non-hydrogen) atoms. The Labute approximate surface area is 157 Å². The summed E-state index contributed by atoms with van der Waals surface area (Å²) in [4.78, 5) is 8.13. The third-order valence-corrected chi connectivity index (χ3v) is 5.98. The molecule has 2 aromatic heterocycles. The van der Waals surface area contributed by atoms with Crippen molar-refractivity contribution in [3.63, 3.8) is 0 Å². The Morgan fingerprint density at radius 3 is 2.52 bits per heavy atom. The summed E-state index contributed by atoms with van der Waals surface area (Å²) in [5.74, 6) is 0. The van der Waals surface area contributed by atoms with Gasteiger partial charge >= 0.3 is 0 Å². The molecular weight excluding hydrogens is 346 g/mol. The normalized spacial score (nSPS) is 19.9. The number of aromatic nitrogens is 1. The van der Waals surface area contributed by atoms with E-state index in [1.165, 1.54) is 16.0 Å². The Morgan fingerprint density at radius 1 is 1.08 bits per heavy atom. The minimum Gasteiger partial charge on any atom is -0.351 e. The maximum Gasteiger partial charge on any atom is 0.174 e. The Bertz CT molecular complexity index is 887. The summed E-state index contributed by atoms with van der Waals surface area (Å²) in [6.45, 7) is 4.26. The van der Waals surface area contributed by atoms with E-state index in [4.69, 9.17) is 12.2 Å². The highest BCUT2D eigenvalue weighted by atomic mass is 32.1. The molecule has 1 saturated heterocycles. The second-order valence-corrected chi connectivity index (χ2v) is 7.63. The number of nitrogens with one attached hydrogen (secondary N) is 1. The molecule has 126 valence electrons. The molecule has 3 heterocycles. The van der Waals surface area contributed by atoms with Gasteiger partial charge in [-0.2, -0.15) is 0 Å². The predicted octanol–water partition coefficient (Wildman–Crippen LogP) is 4.94. The molecule has 0 bridgehead atoms. The van der Waals surface area contributed by atoms with Gasteiger partial charge in [-0.1, -0.05) is 23.8 Å². The molecule has 5 heteroatoms. The smallest absolute Gasteiger partial charge is 0.174 e. The van der Waals surface area contributed by atoms with Gasteiger partial charge in [0.1, 0.15) is 0 Å². The number of nitrogens with zero attached hydrogens (tertiary/aromatic N) is 2. The molecule has 2 atom stereocenters. The zero-order chi connectivity index (χ0) is 17.4. The third-order valence-electron chi connectivity index (χ3n) is 4.58. The zero-order valence-electron chi connectivity index (χ0n) is 14.1. The van der Waals surface area contributed by atoms with Gasteiger partial charge in [-0.3, -0.25) is 4.98 Å². The van der Waals surface area contributed by atoms with Crippen molar-refractivity contribution in [2.45, 2.75) is 25.9 Å². The number of thiophene rings is 1. The topological polar surface area (TPSA) is 28.2 Å². The van der Waals surface area contributed by atoms with Crippen LogP contribution in [0.4, 0.5) is 5.69 Å². The van der Waals surface area contributed by atoms with Crippen molar-refractivity contribution in [2.24, 2.45) is 0 Å². The van der Waals surface area contributed by atoms with Crippen molar-refractivity contribution < 1.29 is 0 Å². The van der Waals surface area contributed by atoms with Gasteiger partial charge in [0.05, 0.1) is 17.8 Å². The largest absolute Gasteiger partial charge is 0.351 e. The number of pyridine rings is 1. The molecule has 0 amide bonds. The van der Waals surface area contributed by atoms with Crippen LogP contribution in [0.15, 0.2) is 60.1 Å². The second kappa shape index (κ2) is 6.58. The molecule has 4 rings (SSSR count). The lowest BCUT2D eigenvalue weighted by atomic mass is 10.0. The number of hydrogen-bond acceptors (Lipinski definition) is 3. The predicted molar refractivity (Wildman–Crippen MR) is 108 cm³/mol. The summed E-state index contributed by atoms with van der Waals surface area (Å²) in [7, 11) is 0. The molecule has 1 aliphatic rings. The minimum atomic E-state index is 0.0346. The molecule has 0 saturated carbocycles. The van der Waals surface area contributed by atoms with Crippen LogP contribution in [0.25, 0.3) is 0 Å². The zero-order valence-corrected chi connectivity index (χ0v) is 15.8. The highest BCUT2D eigenvalue weighted by Crippen LogP contribution is 2.44. The first-order valence-electron chi connectivity index (χ1n) is 8.26. The SMILES string of the molecule is Cc1ccc(N2C(=S)N[C@@H](c3ccccn3)[C@H]2c2sccc2C)cc1. The first kappa shape index (κ1) is 16.2. The van der Waals surface area contributed by atoms with Crippen LogP contribution in [0.1, 0.15) is 33.8 Å². The molecular formula is C20H19N3S2. The lowest BCUT2D eigenvalue weighted by molar-refractivity contribution is 0.573. The van der Waals surface area contributed by atoms with Crippen LogP contribution < -0.4 is 10.2 Å². The summed E-state index contributed by atoms with van der Waals surface area (Å²) >= 11 is 7.50. The van der Waals surface area contributed by atoms with E-state index >= 15 is 0 Å². The summed E-state index contributed by atoms with van der Waals surface area (Å²) < 4.78 is 0. The molecule has 1 N–H and O–H groups in total. The fraction of sp³-hybridized carbons (Fsp3) is 0.200. The molecule has 1 aliphatic heterocycles. The maximum absolute atomic E-state index is 5.72. The van der Waals surface area contributed by atoms with Gasteiger partial charge in [-0.25, -0.2) is 0 Å². The number of thiocarbonyl (C=S) groups is 1. The van der Waals surface area contributed by atoms with Crippen LogP contribution in [-0.4, -0.2) is 10.1 Å². The summed E-state index contributed by atoms with van der Waals surface area (Å²) in [6, 6.07) is 16.9. The van der Waals surface area contributed by atoms with E-state index in [-0.39, 0.29) is 12.1 Å². The van der Waals surface area contributed by atoms with E-state index in [1.54, 1.807) is 11.3 Å². The molecule has 1 aromatic carbocycles. The first-order chi connectivity index (χ1) is 12.1. The van der Waals surface area contributed by atoms with E-state index in [9.17, 15) is 0 Å². The fourth-order valence-corrected chi connectivity index (χ4v) is 4.69. The number of anilines is 1. The Kier molecular flexibility index (Phi) is 4.27. The van der Waals surface area contributed by atoms with Crippen molar-refractivity contribution in [1.29, 1.82) is 0 Å². The van der Waals surface area contributed by atoms with E-state index < -0.39 is 0 Å². The Morgan fingerprint density at radius 2 is 1.88 bits per heavy atom. The van der Waals surface area contributed by atoms with E-state index in [0.717, 1.165) is 16.5 Å². The van der Waals surface area contributed by atoms with Crippen molar-refractivity contribution in [1.82, 2.24) is 10.3 Å². The van der Waals surface area contributed by atoms with Crippen LogP contribution in [0, 0.1) is 13.8 Å². The monoisotopic (exact) mass is 365 g/mol. The van der Waals surface area contributed by atoms with Crippen molar-refractivity contribution in [3.05, 3.63) is 81.8 Å². The van der Waals surface area contributed by atoms with Crippen LogP contribution >= 0.6 is 23.6 Å². The van der Waals surface area contributed by atoms with Gasteiger partial charge < -0.3 is 10.2 Å². The van der Waals surface area contributed by atoms with Crippen LogP contribution in [0.2, 0.25) is 0 Å². The molecule has 1 fully saturated rings. The average Bonchev–Trinajstić information content (AvgIpc) is 3.19. The van der Waals surface area contributed by atoms with Crippen LogP contribution in [0.3, 0.4) is 0 Å². The lowest BCUT2D eigenvalue weighted by Crippen LogP contribution is -2.29.